The molecule has 2 heterocycles. The smallest absolute Gasteiger partial charge is 0.230 e. The third-order valence-electron chi connectivity index (χ3n) is 4.66. The number of amides is 1. The second-order valence-corrected chi connectivity index (χ2v) is 7.37. The van der Waals surface area contributed by atoms with Gasteiger partial charge in [0.2, 0.25) is 5.91 Å². The van der Waals surface area contributed by atoms with E-state index in [0.29, 0.717) is 22.9 Å². The SMILES string of the molecule is COc1cccc(NC(=O)Cc2csc3nc(-c4ccc(OC)c(OC)c4)cn23)c1. The molecule has 4 aromatic rings. The number of hydrogen-bond acceptors (Lipinski definition) is 6. The standard InChI is InChI=1S/C22H21N3O4S/c1-27-17-6-4-5-15(10-17)23-21(26)11-16-13-30-22-24-18(12-25(16)22)14-7-8-19(28-2)20(9-14)29-3/h4-10,12-13H,11H2,1-3H3,(H,23,26). The number of thiazole rings is 1. The first kappa shape index (κ1) is 19.8. The molecule has 4 rings (SSSR count). The number of imidazole rings is 1. The lowest BCUT2D eigenvalue weighted by atomic mass is 10.1. The summed E-state index contributed by atoms with van der Waals surface area (Å²) in [5.41, 5.74) is 3.28. The Morgan fingerprint density at radius 3 is 2.67 bits per heavy atom. The fourth-order valence-electron chi connectivity index (χ4n) is 3.16. The average molecular weight is 423 g/mol. The number of carbonyl (C=O) groups excluding carboxylic acids is 1. The molecule has 8 heteroatoms. The van der Waals surface area contributed by atoms with Gasteiger partial charge >= 0.3 is 0 Å². The van der Waals surface area contributed by atoms with Gasteiger partial charge in [-0.1, -0.05) is 6.07 Å². The van der Waals surface area contributed by atoms with E-state index in [1.807, 2.05) is 52.4 Å². The van der Waals surface area contributed by atoms with Crippen LogP contribution in [0.3, 0.4) is 0 Å². The minimum absolute atomic E-state index is 0.107. The molecule has 0 aliphatic heterocycles. The Morgan fingerprint density at radius 1 is 1.07 bits per heavy atom. The first-order valence-electron chi connectivity index (χ1n) is 9.23. The molecule has 2 aromatic heterocycles. The van der Waals surface area contributed by atoms with Crippen LogP contribution in [-0.4, -0.2) is 36.6 Å². The van der Waals surface area contributed by atoms with Crippen molar-refractivity contribution in [3.63, 3.8) is 0 Å². The summed E-state index contributed by atoms with van der Waals surface area (Å²) in [6, 6.07) is 13.0. The lowest BCUT2D eigenvalue weighted by molar-refractivity contribution is -0.115. The van der Waals surface area contributed by atoms with Gasteiger partial charge in [0.25, 0.3) is 0 Å². The molecule has 0 fully saturated rings. The van der Waals surface area contributed by atoms with Gasteiger partial charge in [0, 0.05) is 34.6 Å². The molecular weight excluding hydrogens is 402 g/mol. The summed E-state index contributed by atoms with van der Waals surface area (Å²) in [5.74, 6) is 1.89. The highest BCUT2D eigenvalue weighted by atomic mass is 32.1. The number of ether oxygens (including phenoxy) is 3. The van der Waals surface area contributed by atoms with E-state index in [1.165, 1.54) is 11.3 Å². The monoisotopic (exact) mass is 423 g/mol. The van der Waals surface area contributed by atoms with Crippen LogP contribution in [0.4, 0.5) is 5.69 Å². The maximum atomic E-state index is 12.5. The fraction of sp³-hybridized carbons (Fsp3) is 0.182. The van der Waals surface area contributed by atoms with Crippen molar-refractivity contribution < 1.29 is 19.0 Å². The zero-order valence-corrected chi connectivity index (χ0v) is 17.7. The van der Waals surface area contributed by atoms with Crippen LogP contribution >= 0.6 is 11.3 Å². The Balaban J connectivity index is 1.55. The molecule has 30 heavy (non-hydrogen) atoms. The van der Waals surface area contributed by atoms with Gasteiger partial charge < -0.3 is 19.5 Å². The van der Waals surface area contributed by atoms with Gasteiger partial charge in [0.1, 0.15) is 5.75 Å². The predicted octanol–water partition coefficient (Wildman–Crippen LogP) is 4.27. The van der Waals surface area contributed by atoms with Crippen molar-refractivity contribution in [2.24, 2.45) is 0 Å². The van der Waals surface area contributed by atoms with Crippen molar-refractivity contribution in [3.8, 4) is 28.5 Å². The second-order valence-electron chi connectivity index (χ2n) is 6.53. The van der Waals surface area contributed by atoms with Gasteiger partial charge in [0.05, 0.1) is 33.4 Å². The highest BCUT2D eigenvalue weighted by molar-refractivity contribution is 7.15. The Hall–Kier alpha value is -3.52. The number of hydrogen-bond donors (Lipinski definition) is 1. The molecule has 0 saturated heterocycles. The van der Waals surface area contributed by atoms with Crippen LogP contribution in [0.15, 0.2) is 54.0 Å². The Bertz CT molecular complexity index is 1200. The van der Waals surface area contributed by atoms with Gasteiger partial charge in [-0.15, -0.1) is 11.3 Å². The maximum absolute atomic E-state index is 12.5. The molecule has 0 spiro atoms. The number of aromatic nitrogens is 2. The van der Waals surface area contributed by atoms with Gasteiger partial charge in [-0.2, -0.15) is 0 Å². The molecule has 0 radical (unpaired) electrons. The van der Waals surface area contributed by atoms with Crippen LogP contribution in [0.1, 0.15) is 5.69 Å². The van der Waals surface area contributed by atoms with Crippen molar-refractivity contribution in [1.29, 1.82) is 0 Å². The van der Waals surface area contributed by atoms with E-state index in [9.17, 15) is 4.79 Å². The molecule has 0 aliphatic rings. The van der Waals surface area contributed by atoms with E-state index < -0.39 is 0 Å². The summed E-state index contributed by atoms with van der Waals surface area (Å²) in [6.45, 7) is 0. The van der Waals surface area contributed by atoms with Crippen molar-refractivity contribution in [1.82, 2.24) is 9.38 Å². The Labute approximate surface area is 177 Å². The van der Waals surface area contributed by atoms with Crippen LogP contribution < -0.4 is 19.5 Å². The van der Waals surface area contributed by atoms with E-state index >= 15 is 0 Å². The van der Waals surface area contributed by atoms with E-state index in [0.717, 1.165) is 21.9 Å². The molecular formula is C22H21N3O4S. The number of fused-ring (bicyclic) bond motifs is 1. The van der Waals surface area contributed by atoms with Gasteiger partial charge in [-0.3, -0.25) is 9.20 Å². The number of benzene rings is 2. The van der Waals surface area contributed by atoms with Gasteiger partial charge in [0.15, 0.2) is 16.5 Å². The minimum atomic E-state index is -0.107. The number of nitrogens with one attached hydrogen (secondary N) is 1. The third-order valence-corrected chi connectivity index (χ3v) is 5.55. The Morgan fingerprint density at radius 2 is 1.90 bits per heavy atom. The summed E-state index contributed by atoms with van der Waals surface area (Å²) in [5, 5.41) is 4.86. The van der Waals surface area contributed by atoms with Crippen molar-refractivity contribution in [2.75, 3.05) is 26.6 Å². The number of methoxy groups -OCH3 is 3. The van der Waals surface area contributed by atoms with Crippen LogP contribution in [0.25, 0.3) is 16.2 Å². The highest BCUT2D eigenvalue weighted by Gasteiger charge is 2.14. The number of rotatable bonds is 7. The Kier molecular flexibility index (Phi) is 5.58. The van der Waals surface area contributed by atoms with Crippen molar-refractivity contribution in [3.05, 3.63) is 59.7 Å². The van der Waals surface area contributed by atoms with Crippen LogP contribution in [0.2, 0.25) is 0 Å². The fourth-order valence-corrected chi connectivity index (χ4v) is 4.03. The second kappa shape index (κ2) is 8.46. The summed E-state index contributed by atoms with van der Waals surface area (Å²) < 4.78 is 17.8. The third kappa shape index (κ3) is 3.95. The van der Waals surface area contributed by atoms with E-state index in [2.05, 4.69) is 10.3 Å². The summed E-state index contributed by atoms with van der Waals surface area (Å²) in [7, 11) is 4.80. The van der Waals surface area contributed by atoms with E-state index in [1.54, 1.807) is 27.4 Å². The van der Waals surface area contributed by atoms with Crippen LogP contribution in [0.5, 0.6) is 17.2 Å². The largest absolute Gasteiger partial charge is 0.497 e. The molecule has 1 N–H and O–H groups in total. The molecule has 0 atom stereocenters. The summed E-state index contributed by atoms with van der Waals surface area (Å²) in [6.07, 6.45) is 2.17. The molecule has 0 bridgehead atoms. The van der Waals surface area contributed by atoms with Crippen molar-refractivity contribution >= 4 is 27.9 Å². The number of nitrogens with zero attached hydrogens (tertiary/aromatic N) is 2. The zero-order chi connectivity index (χ0) is 21.1. The maximum Gasteiger partial charge on any atom is 0.230 e. The first-order chi connectivity index (χ1) is 14.6. The summed E-state index contributed by atoms with van der Waals surface area (Å²) >= 11 is 1.50. The molecule has 7 nitrogen and oxygen atoms in total. The normalized spacial score (nSPS) is 10.8. The number of anilines is 1. The van der Waals surface area contributed by atoms with Crippen molar-refractivity contribution in [2.45, 2.75) is 6.42 Å². The molecule has 0 saturated carbocycles. The van der Waals surface area contributed by atoms with E-state index in [4.69, 9.17) is 14.2 Å². The van der Waals surface area contributed by atoms with Crippen LogP contribution in [0, 0.1) is 0 Å². The molecule has 2 aromatic carbocycles. The minimum Gasteiger partial charge on any atom is -0.497 e. The lowest BCUT2D eigenvalue weighted by Crippen LogP contribution is -2.15. The van der Waals surface area contributed by atoms with Gasteiger partial charge in [-0.05, 0) is 30.3 Å². The molecule has 0 unspecified atom stereocenters. The molecule has 0 aliphatic carbocycles. The molecule has 1 amide bonds. The quantitative estimate of drug-likeness (QED) is 0.481. The predicted molar refractivity (Wildman–Crippen MR) is 117 cm³/mol. The topological polar surface area (TPSA) is 74.1 Å². The van der Waals surface area contributed by atoms with Crippen LogP contribution in [-0.2, 0) is 11.2 Å². The van der Waals surface area contributed by atoms with Gasteiger partial charge in [-0.25, -0.2) is 4.98 Å². The number of carbonyl (C=O) groups is 1. The summed E-state index contributed by atoms with van der Waals surface area (Å²) in [4.78, 5) is 18.1. The lowest BCUT2D eigenvalue weighted by Gasteiger charge is -2.08. The molecule has 154 valence electrons. The first-order valence-corrected chi connectivity index (χ1v) is 10.1. The zero-order valence-electron chi connectivity index (χ0n) is 16.8. The highest BCUT2D eigenvalue weighted by Crippen LogP contribution is 2.32. The van der Waals surface area contributed by atoms with E-state index in [-0.39, 0.29) is 12.3 Å². The average Bonchev–Trinajstić information content (AvgIpc) is 3.35.